The molecule has 0 aromatic carbocycles. The molecule has 2 aromatic heterocycles. The number of aryl methyl sites for hydroxylation is 1. The van der Waals surface area contributed by atoms with Gasteiger partial charge >= 0.3 is 0 Å². The lowest BCUT2D eigenvalue weighted by Gasteiger charge is -2.09. The van der Waals surface area contributed by atoms with Crippen LogP contribution in [-0.2, 0) is 4.79 Å². The summed E-state index contributed by atoms with van der Waals surface area (Å²) in [5, 5.41) is 6.97. The highest BCUT2D eigenvalue weighted by Crippen LogP contribution is 2.21. The van der Waals surface area contributed by atoms with Crippen molar-refractivity contribution in [3.8, 4) is 0 Å². The lowest BCUT2D eigenvalue weighted by Crippen LogP contribution is -2.22. The van der Waals surface area contributed by atoms with Crippen LogP contribution in [0, 0.1) is 6.92 Å². The molecule has 0 aliphatic rings. The number of amides is 1. The topological polar surface area (TPSA) is 68.0 Å². The quantitative estimate of drug-likeness (QED) is 0.858. The van der Waals surface area contributed by atoms with E-state index in [0.29, 0.717) is 11.6 Å². The largest absolute Gasteiger partial charge is 0.360 e. The van der Waals surface area contributed by atoms with Crippen molar-refractivity contribution in [3.05, 3.63) is 36.2 Å². The summed E-state index contributed by atoms with van der Waals surface area (Å²) in [5.41, 5.74) is 0. The van der Waals surface area contributed by atoms with E-state index in [4.69, 9.17) is 4.52 Å². The van der Waals surface area contributed by atoms with Gasteiger partial charge in [-0.2, -0.15) is 0 Å². The van der Waals surface area contributed by atoms with Crippen molar-refractivity contribution in [3.63, 3.8) is 0 Å². The van der Waals surface area contributed by atoms with Crippen LogP contribution in [-0.4, -0.2) is 21.3 Å². The van der Waals surface area contributed by atoms with Gasteiger partial charge in [0.1, 0.15) is 5.76 Å². The summed E-state index contributed by atoms with van der Waals surface area (Å²) in [6.45, 7) is 3.59. The van der Waals surface area contributed by atoms with Gasteiger partial charge in [-0.1, -0.05) is 23.0 Å². The predicted octanol–water partition coefficient (Wildman–Crippen LogP) is 2.50. The number of carbonyl (C=O) groups is 1. The number of rotatable bonds is 4. The molecule has 1 amide bonds. The van der Waals surface area contributed by atoms with Crippen LogP contribution in [0.15, 0.2) is 40.0 Å². The second kappa shape index (κ2) is 5.68. The zero-order valence-electron chi connectivity index (χ0n) is 10.1. The molecular formula is C12H13N3O2S. The summed E-state index contributed by atoms with van der Waals surface area (Å²) in [6.07, 6.45) is 1.70. The van der Waals surface area contributed by atoms with Crippen LogP contribution >= 0.6 is 11.8 Å². The maximum Gasteiger partial charge on any atom is 0.238 e. The third kappa shape index (κ3) is 3.33. The second-order valence-electron chi connectivity index (χ2n) is 3.74. The molecule has 94 valence electrons. The molecule has 1 atom stereocenters. The average Bonchev–Trinajstić information content (AvgIpc) is 2.76. The van der Waals surface area contributed by atoms with Gasteiger partial charge in [-0.3, -0.25) is 4.79 Å². The van der Waals surface area contributed by atoms with E-state index >= 15 is 0 Å². The maximum atomic E-state index is 11.9. The van der Waals surface area contributed by atoms with E-state index in [1.165, 1.54) is 11.8 Å². The number of pyridine rings is 1. The van der Waals surface area contributed by atoms with Crippen molar-refractivity contribution < 1.29 is 9.32 Å². The molecule has 1 N–H and O–H groups in total. The molecule has 0 saturated carbocycles. The van der Waals surface area contributed by atoms with E-state index in [2.05, 4.69) is 15.5 Å². The van der Waals surface area contributed by atoms with Crippen molar-refractivity contribution >= 4 is 23.5 Å². The normalized spacial score (nSPS) is 12.1. The van der Waals surface area contributed by atoms with Crippen molar-refractivity contribution in [2.45, 2.75) is 24.1 Å². The average molecular weight is 263 g/mol. The Morgan fingerprint density at radius 3 is 2.94 bits per heavy atom. The van der Waals surface area contributed by atoms with E-state index in [1.807, 2.05) is 25.1 Å². The zero-order valence-corrected chi connectivity index (χ0v) is 10.9. The van der Waals surface area contributed by atoms with Crippen LogP contribution in [0.1, 0.15) is 12.7 Å². The van der Waals surface area contributed by atoms with Gasteiger partial charge in [0.15, 0.2) is 5.82 Å². The first-order valence-electron chi connectivity index (χ1n) is 5.47. The highest BCUT2D eigenvalue weighted by atomic mass is 32.2. The summed E-state index contributed by atoms with van der Waals surface area (Å²) in [5.74, 6) is 0.972. The fourth-order valence-electron chi connectivity index (χ4n) is 1.30. The Morgan fingerprint density at radius 2 is 2.33 bits per heavy atom. The molecule has 0 spiro atoms. The van der Waals surface area contributed by atoms with Gasteiger partial charge in [0.25, 0.3) is 0 Å². The highest BCUT2D eigenvalue weighted by molar-refractivity contribution is 8.00. The summed E-state index contributed by atoms with van der Waals surface area (Å²) < 4.78 is 4.88. The Balaban J connectivity index is 1.93. The molecule has 1 unspecified atom stereocenters. The van der Waals surface area contributed by atoms with Crippen LogP contribution in [0.3, 0.4) is 0 Å². The molecular weight excluding hydrogens is 250 g/mol. The molecule has 0 aliphatic carbocycles. The monoisotopic (exact) mass is 263 g/mol. The number of nitrogens with zero attached hydrogens (tertiary/aromatic N) is 2. The first-order chi connectivity index (χ1) is 8.65. The van der Waals surface area contributed by atoms with Crippen LogP contribution in [0.2, 0.25) is 0 Å². The van der Waals surface area contributed by atoms with E-state index in [9.17, 15) is 4.79 Å². The van der Waals surface area contributed by atoms with E-state index < -0.39 is 0 Å². The number of anilines is 1. The fraction of sp³-hybridized carbons (Fsp3) is 0.250. The third-order valence-electron chi connectivity index (χ3n) is 2.18. The minimum Gasteiger partial charge on any atom is -0.360 e. The summed E-state index contributed by atoms with van der Waals surface area (Å²) >= 11 is 1.40. The molecule has 6 heteroatoms. The molecule has 2 rings (SSSR count). The zero-order chi connectivity index (χ0) is 13.0. The molecule has 0 aliphatic heterocycles. The second-order valence-corrected chi connectivity index (χ2v) is 5.10. The number of aromatic nitrogens is 2. The van der Waals surface area contributed by atoms with E-state index in [1.54, 1.807) is 19.2 Å². The Bertz CT molecular complexity index is 527. The van der Waals surface area contributed by atoms with Gasteiger partial charge in [0.2, 0.25) is 5.91 Å². The number of hydrogen-bond donors (Lipinski definition) is 1. The van der Waals surface area contributed by atoms with Crippen LogP contribution in [0.5, 0.6) is 0 Å². The van der Waals surface area contributed by atoms with Gasteiger partial charge in [0.05, 0.1) is 10.3 Å². The summed E-state index contributed by atoms with van der Waals surface area (Å²) in [7, 11) is 0. The van der Waals surface area contributed by atoms with Gasteiger partial charge < -0.3 is 9.84 Å². The molecule has 2 heterocycles. The van der Waals surface area contributed by atoms with Crippen molar-refractivity contribution in [2.24, 2.45) is 0 Å². The lowest BCUT2D eigenvalue weighted by molar-refractivity contribution is -0.115. The summed E-state index contributed by atoms with van der Waals surface area (Å²) in [4.78, 5) is 16.0. The molecule has 5 nitrogen and oxygen atoms in total. The predicted molar refractivity (Wildman–Crippen MR) is 69.4 cm³/mol. The Hall–Kier alpha value is -1.82. The standard InChI is InChI=1S/C12H13N3O2S/c1-8-7-10(15-17-8)14-12(16)9(2)18-11-5-3-4-6-13-11/h3-7,9H,1-2H3,(H,14,15,16). The van der Waals surface area contributed by atoms with Gasteiger partial charge in [-0.05, 0) is 26.0 Å². The van der Waals surface area contributed by atoms with Gasteiger partial charge in [-0.25, -0.2) is 4.98 Å². The molecule has 0 bridgehead atoms. The smallest absolute Gasteiger partial charge is 0.238 e. The highest BCUT2D eigenvalue weighted by Gasteiger charge is 2.16. The lowest BCUT2D eigenvalue weighted by atomic mass is 10.4. The van der Waals surface area contributed by atoms with Crippen LogP contribution < -0.4 is 5.32 Å². The molecule has 0 saturated heterocycles. The third-order valence-corrected chi connectivity index (χ3v) is 3.23. The van der Waals surface area contributed by atoms with Gasteiger partial charge in [-0.15, -0.1) is 0 Å². The van der Waals surface area contributed by atoms with E-state index in [-0.39, 0.29) is 11.2 Å². The van der Waals surface area contributed by atoms with E-state index in [0.717, 1.165) is 5.03 Å². The van der Waals surface area contributed by atoms with Crippen molar-refractivity contribution in [1.82, 2.24) is 10.1 Å². The Labute approximate surface area is 109 Å². The number of thioether (sulfide) groups is 1. The summed E-state index contributed by atoms with van der Waals surface area (Å²) in [6, 6.07) is 7.28. The minimum atomic E-state index is -0.253. The number of hydrogen-bond acceptors (Lipinski definition) is 5. The fourth-order valence-corrected chi connectivity index (χ4v) is 2.11. The van der Waals surface area contributed by atoms with Crippen LogP contribution in [0.25, 0.3) is 0 Å². The minimum absolute atomic E-state index is 0.126. The molecule has 2 aromatic rings. The number of nitrogens with one attached hydrogen (secondary N) is 1. The van der Waals surface area contributed by atoms with Crippen molar-refractivity contribution in [1.29, 1.82) is 0 Å². The molecule has 0 radical (unpaired) electrons. The Kier molecular flexibility index (Phi) is 3.99. The molecule has 18 heavy (non-hydrogen) atoms. The van der Waals surface area contributed by atoms with Crippen molar-refractivity contribution in [2.75, 3.05) is 5.32 Å². The first-order valence-corrected chi connectivity index (χ1v) is 6.35. The SMILES string of the molecule is Cc1cc(NC(=O)C(C)Sc2ccccn2)no1. The number of carbonyl (C=O) groups excluding carboxylic acids is 1. The maximum absolute atomic E-state index is 11.9. The Morgan fingerprint density at radius 1 is 1.50 bits per heavy atom. The molecule has 0 fully saturated rings. The van der Waals surface area contributed by atoms with Crippen LogP contribution in [0.4, 0.5) is 5.82 Å². The van der Waals surface area contributed by atoms with Gasteiger partial charge in [0, 0.05) is 12.3 Å². The first kappa shape index (κ1) is 12.6.